The van der Waals surface area contributed by atoms with E-state index in [9.17, 15) is 9.59 Å². The van der Waals surface area contributed by atoms with Crippen molar-refractivity contribution < 1.29 is 14.7 Å². The molecule has 4 bridgehead atoms. The third kappa shape index (κ3) is 2.45. The number of nitrogens with zero attached hydrogens (tertiary/aromatic N) is 1. The second-order valence-electron chi connectivity index (χ2n) is 7.00. The third-order valence-corrected chi connectivity index (χ3v) is 5.47. The number of hydrazone groups is 1. The lowest BCUT2D eigenvalue weighted by atomic mass is 9.48. The van der Waals surface area contributed by atoms with Crippen LogP contribution in [0.1, 0.15) is 51.9 Å². The van der Waals surface area contributed by atoms with Crippen LogP contribution in [0.3, 0.4) is 0 Å². The molecule has 4 aliphatic rings. The molecule has 0 aromatic carbocycles. The van der Waals surface area contributed by atoms with Gasteiger partial charge in [0.1, 0.15) is 6.42 Å². The Hall–Kier alpha value is -1.39. The van der Waals surface area contributed by atoms with E-state index >= 15 is 0 Å². The molecule has 4 aliphatic carbocycles. The Bertz CT molecular complexity index is 434. The Labute approximate surface area is 118 Å². The van der Waals surface area contributed by atoms with Gasteiger partial charge in [-0.05, 0) is 63.2 Å². The molecule has 2 N–H and O–H groups in total. The Balaban J connectivity index is 1.68. The van der Waals surface area contributed by atoms with E-state index in [0.29, 0.717) is 0 Å². The highest BCUT2D eigenvalue weighted by atomic mass is 16.4. The van der Waals surface area contributed by atoms with Gasteiger partial charge in [0.15, 0.2) is 0 Å². The Morgan fingerprint density at radius 3 is 2.10 bits per heavy atom. The number of rotatable bonds is 4. The van der Waals surface area contributed by atoms with E-state index in [0.717, 1.165) is 23.5 Å². The van der Waals surface area contributed by atoms with Crippen LogP contribution < -0.4 is 5.43 Å². The van der Waals surface area contributed by atoms with Gasteiger partial charge in [0, 0.05) is 11.1 Å². The van der Waals surface area contributed by atoms with Crippen LogP contribution in [-0.2, 0) is 9.59 Å². The van der Waals surface area contributed by atoms with Crippen molar-refractivity contribution in [1.29, 1.82) is 0 Å². The topological polar surface area (TPSA) is 78.8 Å². The minimum absolute atomic E-state index is 0.172. The normalized spacial score (nSPS) is 38.9. The molecule has 4 fully saturated rings. The summed E-state index contributed by atoms with van der Waals surface area (Å²) in [6.07, 6.45) is 7.20. The van der Waals surface area contributed by atoms with Crippen LogP contribution in [-0.4, -0.2) is 22.7 Å². The molecular formula is C15H22N2O3. The molecule has 0 radical (unpaired) electrons. The molecule has 20 heavy (non-hydrogen) atoms. The summed E-state index contributed by atoms with van der Waals surface area (Å²) in [6.45, 7) is 1.99. The highest BCUT2D eigenvalue weighted by molar-refractivity contribution is 5.95. The lowest BCUT2D eigenvalue weighted by Gasteiger charge is -2.56. The second kappa shape index (κ2) is 4.86. The van der Waals surface area contributed by atoms with Crippen molar-refractivity contribution in [2.24, 2.45) is 28.3 Å². The Morgan fingerprint density at radius 2 is 1.65 bits per heavy atom. The van der Waals surface area contributed by atoms with Gasteiger partial charge in [0.05, 0.1) is 0 Å². The van der Waals surface area contributed by atoms with E-state index in [1.165, 1.54) is 38.5 Å². The lowest BCUT2D eigenvalue weighted by Crippen LogP contribution is -2.49. The van der Waals surface area contributed by atoms with E-state index in [-0.39, 0.29) is 5.41 Å². The summed E-state index contributed by atoms with van der Waals surface area (Å²) >= 11 is 0. The van der Waals surface area contributed by atoms with Gasteiger partial charge in [-0.25, -0.2) is 5.43 Å². The van der Waals surface area contributed by atoms with Crippen LogP contribution in [0.15, 0.2) is 5.10 Å². The molecule has 1 amide bonds. The number of amides is 1. The number of carboxylic acids is 1. The number of hydrogen-bond donors (Lipinski definition) is 2. The van der Waals surface area contributed by atoms with E-state index in [4.69, 9.17) is 5.11 Å². The van der Waals surface area contributed by atoms with E-state index in [1.807, 2.05) is 6.92 Å². The summed E-state index contributed by atoms with van der Waals surface area (Å²) in [5.74, 6) is 0.843. The standard InChI is InChI=1S/C15H22N2O3/c1-9(16-17-13(18)5-14(19)20)15-6-10-2-11(7-15)4-12(3-10)8-15/h10-12H,2-8H2,1H3,(H,17,18)(H,19,20). The number of aliphatic carboxylic acids is 1. The average molecular weight is 278 g/mol. The van der Waals surface area contributed by atoms with Gasteiger partial charge in [0.2, 0.25) is 0 Å². The molecule has 0 spiro atoms. The van der Waals surface area contributed by atoms with Crippen molar-refractivity contribution in [3.8, 4) is 0 Å². The first kappa shape index (κ1) is 13.6. The van der Waals surface area contributed by atoms with Crippen LogP contribution >= 0.6 is 0 Å². The van der Waals surface area contributed by atoms with Gasteiger partial charge in [-0.2, -0.15) is 5.10 Å². The van der Waals surface area contributed by atoms with Gasteiger partial charge >= 0.3 is 5.97 Å². The molecule has 4 rings (SSSR count). The average Bonchev–Trinajstić information content (AvgIpc) is 2.33. The Kier molecular flexibility index (Phi) is 3.30. The van der Waals surface area contributed by atoms with Gasteiger partial charge < -0.3 is 5.11 Å². The van der Waals surface area contributed by atoms with E-state index < -0.39 is 18.3 Å². The number of nitrogens with one attached hydrogen (secondary N) is 1. The van der Waals surface area contributed by atoms with Crippen LogP contribution in [0.25, 0.3) is 0 Å². The van der Waals surface area contributed by atoms with Crippen molar-refractivity contribution in [3.63, 3.8) is 0 Å². The molecular weight excluding hydrogens is 256 g/mol. The molecule has 0 atom stereocenters. The molecule has 0 heterocycles. The summed E-state index contributed by atoms with van der Waals surface area (Å²) in [4.78, 5) is 21.9. The highest BCUT2D eigenvalue weighted by Crippen LogP contribution is 2.60. The maximum absolute atomic E-state index is 11.4. The van der Waals surface area contributed by atoms with Gasteiger partial charge in [0.25, 0.3) is 5.91 Å². The number of hydrogen-bond acceptors (Lipinski definition) is 3. The van der Waals surface area contributed by atoms with Crippen molar-refractivity contribution in [2.75, 3.05) is 0 Å². The van der Waals surface area contributed by atoms with Crippen LogP contribution in [0.4, 0.5) is 0 Å². The molecule has 0 saturated heterocycles. The zero-order valence-corrected chi connectivity index (χ0v) is 11.9. The second-order valence-corrected chi connectivity index (χ2v) is 7.00. The monoisotopic (exact) mass is 278 g/mol. The first-order chi connectivity index (χ1) is 9.47. The molecule has 0 aromatic heterocycles. The van der Waals surface area contributed by atoms with Crippen molar-refractivity contribution in [3.05, 3.63) is 0 Å². The van der Waals surface area contributed by atoms with Crippen LogP contribution in [0.2, 0.25) is 0 Å². The molecule has 5 nitrogen and oxygen atoms in total. The fourth-order valence-corrected chi connectivity index (χ4v) is 5.00. The number of carbonyl (C=O) groups is 2. The largest absolute Gasteiger partial charge is 0.481 e. The molecule has 5 heteroatoms. The van der Waals surface area contributed by atoms with Crippen molar-refractivity contribution in [2.45, 2.75) is 51.9 Å². The first-order valence-corrected chi connectivity index (χ1v) is 7.52. The summed E-state index contributed by atoms with van der Waals surface area (Å²) in [5, 5.41) is 12.8. The zero-order valence-electron chi connectivity index (χ0n) is 11.9. The van der Waals surface area contributed by atoms with Gasteiger partial charge in [-0.3, -0.25) is 9.59 Å². The van der Waals surface area contributed by atoms with Crippen molar-refractivity contribution >= 4 is 17.6 Å². The van der Waals surface area contributed by atoms with E-state index in [2.05, 4.69) is 10.5 Å². The smallest absolute Gasteiger partial charge is 0.312 e. The van der Waals surface area contributed by atoms with Gasteiger partial charge in [-0.15, -0.1) is 0 Å². The Morgan fingerprint density at radius 1 is 1.15 bits per heavy atom. The summed E-state index contributed by atoms with van der Waals surface area (Å²) in [5.41, 5.74) is 3.57. The molecule has 0 aliphatic heterocycles. The predicted molar refractivity (Wildman–Crippen MR) is 74.1 cm³/mol. The predicted octanol–water partition coefficient (Wildman–Crippen LogP) is 2.17. The first-order valence-electron chi connectivity index (χ1n) is 7.52. The number of carbonyl (C=O) groups excluding carboxylic acids is 1. The SMILES string of the molecule is CC(=NNC(=O)CC(=O)O)C12CC3CC(CC(C3)C1)C2. The maximum atomic E-state index is 11.4. The highest BCUT2D eigenvalue weighted by Gasteiger charge is 2.52. The molecule has 0 unspecified atom stereocenters. The maximum Gasteiger partial charge on any atom is 0.312 e. The quantitative estimate of drug-likeness (QED) is 0.470. The minimum Gasteiger partial charge on any atom is -0.481 e. The van der Waals surface area contributed by atoms with Crippen LogP contribution in [0.5, 0.6) is 0 Å². The minimum atomic E-state index is -1.12. The summed E-state index contributed by atoms with van der Waals surface area (Å²) < 4.78 is 0. The van der Waals surface area contributed by atoms with Crippen molar-refractivity contribution in [1.82, 2.24) is 5.43 Å². The number of carboxylic acid groups (broad SMARTS) is 1. The van der Waals surface area contributed by atoms with Crippen LogP contribution in [0, 0.1) is 23.2 Å². The summed E-state index contributed by atoms with van der Waals surface area (Å²) in [7, 11) is 0. The lowest BCUT2D eigenvalue weighted by molar-refractivity contribution is -0.140. The van der Waals surface area contributed by atoms with E-state index in [1.54, 1.807) is 0 Å². The fourth-order valence-electron chi connectivity index (χ4n) is 5.00. The summed E-state index contributed by atoms with van der Waals surface area (Å²) in [6, 6.07) is 0. The molecule has 4 saturated carbocycles. The third-order valence-electron chi connectivity index (χ3n) is 5.47. The fraction of sp³-hybridized carbons (Fsp3) is 0.800. The zero-order chi connectivity index (χ0) is 14.3. The van der Waals surface area contributed by atoms with Gasteiger partial charge in [-0.1, -0.05) is 0 Å². The molecule has 0 aromatic rings. The molecule has 110 valence electrons.